The Morgan fingerprint density at radius 2 is 2.00 bits per heavy atom. The van der Waals surface area contributed by atoms with Crippen LogP contribution in [-0.4, -0.2) is 36.1 Å². The minimum atomic E-state index is -0.616. The number of amides is 2. The summed E-state index contributed by atoms with van der Waals surface area (Å²) >= 11 is 0. The summed E-state index contributed by atoms with van der Waals surface area (Å²) in [6, 6.07) is 6.01. The highest BCUT2D eigenvalue weighted by Crippen LogP contribution is 2.27. The maximum Gasteiger partial charge on any atom is 0.239 e. The van der Waals surface area contributed by atoms with Crippen LogP contribution in [0, 0.1) is 19.8 Å². The molecule has 1 heterocycles. The average Bonchev–Trinajstić information content (AvgIpc) is 2.87. The predicted octanol–water partition coefficient (Wildman–Crippen LogP) is 1.93. The molecule has 126 valence electrons. The monoisotopic (exact) mass is 318 g/mol. The molecule has 1 fully saturated rings. The Morgan fingerprint density at radius 1 is 1.35 bits per heavy atom. The third-order valence-corrected chi connectivity index (χ3v) is 4.29. The Hall–Kier alpha value is -1.88. The molecule has 0 spiro atoms. The standard InChI is InChI=1S/C18H26N2O3/c1-4-15(21)5-7-19-17(22)16-6-8-20(18(16)23)14-10-12(2)9-13(3)11-14/h9-11,15-16,21H,4-8H2,1-3H3,(H,19,22). The Labute approximate surface area is 137 Å². The van der Waals surface area contributed by atoms with Crippen LogP contribution in [0.5, 0.6) is 0 Å². The van der Waals surface area contributed by atoms with Crippen molar-refractivity contribution in [1.29, 1.82) is 0 Å². The molecular weight excluding hydrogens is 292 g/mol. The molecule has 2 N–H and O–H groups in total. The van der Waals surface area contributed by atoms with Gasteiger partial charge in [0.05, 0.1) is 6.10 Å². The van der Waals surface area contributed by atoms with Gasteiger partial charge >= 0.3 is 0 Å². The van der Waals surface area contributed by atoms with E-state index in [2.05, 4.69) is 11.4 Å². The van der Waals surface area contributed by atoms with E-state index in [1.807, 2.05) is 32.9 Å². The predicted molar refractivity (Wildman–Crippen MR) is 90.3 cm³/mol. The van der Waals surface area contributed by atoms with Gasteiger partial charge in [0.2, 0.25) is 11.8 Å². The first kappa shape index (κ1) is 17.5. The van der Waals surface area contributed by atoms with Gasteiger partial charge in [0.25, 0.3) is 0 Å². The van der Waals surface area contributed by atoms with Crippen LogP contribution in [0.25, 0.3) is 0 Å². The summed E-state index contributed by atoms with van der Waals surface area (Å²) in [5, 5.41) is 12.3. The molecular formula is C18H26N2O3. The molecule has 1 aromatic carbocycles. The van der Waals surface area contributed by atoms with E-state index < -0.39 is 12.0 Å². The zero-order chi connectivity index (χ0) is 17.0. The highest BCUT2D eigenvalue weighted by Gasteiger charge is 2.37. The van der Waals surface area contributed by atoms with Gasteiger partial charge in [-0.3, -0.25) is 9.59 Å². The largest absolute Gasteiger partial charge is 0.393 e. The number of aliphatic hydroxyl groups excluding tert-OH is 1. The van der Waals surface area contributed by atoms with E-state index in [0.29, 0.717) is 32.4 Å². The number of anilines is 1. The molecule has 0 radical (unpaired) electrons. The van der Waals surface area contributed by atoms with Gasteiger partial charge in [-0.15, -0.1) is 0 Å². The molecule has 1 aliphatic rings. The Balaban J connectivity index is 1.97. The normalized spacial score (nSPS) is 19.0. The van der Waals surface area contributed by atoms with Crippen molar-refractivity contribution in [3.05, 3.63) is 29.3 Å². The summed E-state index contributed by atoms with van der Waals surface area (Å²) in [6.07, 6.45) is 1.32. The molecule has 2 rings (SSSR count). The first-order valence-corrected chi connectivity index (χ1v) is 8.27. The second-order valence-corrected chi connectivity index (χ2v) is 6.32. The molecule has 2 amide bonds. The summed E-state index contributed by atoms with van der Waals surface area (Å²) < 4.78 is 0. The molecule has 2 unspecified atom stereocenters. The molecule has 1 aromatic rings. The van der Waals surface area contributed by atoms with Crippen LogP contribution in [0.15, 0.2) is 18.2 Å². The minimum Gasteiger partial charge on any atom is -0.393 e. The van der Waals surface area contributed by atoms with Crippen molar-refractivity contribution < 1.29 is 14.7 Å². The second kappa shape index (κ2) is 7.59. The van der Waals surface area contributed by atoms with Crippen LogP contribution < -0.4 is 10.2 Å². The maximum absolute atomic E-state index is 12.5. The zero-order valence-electron chi connectivity index (χ0n) is 14.1. The van der Waals surface area contributed by atoms with Crippen molar-refractivity contribution in [2.24, 2.45) is 5.92 Å². The lowest BCUT2D eigenvalue weighted by atomic mass is 10.1. The van der Waals surface area contributed by atoms with Gasteiger partial charge in [-0.05, 0) is 56.4 Å². The van der Waals surface area contributed by atoms with Crippen molar-refractivity contribution in [3.63, 3.8) is 0 Å². The lowest BCUT2D eigenvalue weighted by Gasteiger charge is -2.18. The van der Waals surface area contributed by atoms with Gasteiger partial charge in [0.15, 0.2) is 0 Å². The minimum absolute atomic E-state index is 0.136. The molecule has 0 aromatic heterocycles. The summed E-state index contributed by atoms with van der Waals surface area (Å²) in [5.74, 6) is -0.983. The molecule has 23 heavy (non-hydrogen) atoms. The van der Waals surface area contributed by atoms with E-state index in [1.54, 1.807) is 4.90 Å². The van der Waals surface area contributed by atoms with Crippen LogP contribution in [0.3, 0.4) is 0 Å². The Kier molecular flexibility index (Phi) is 5.77. The molecule has 5 nitrogen and oxygen atoms in total. The third-order valence-electron chi connectivity index (χ3n) is 4.29. The smallest absolute Gasteiger partial charge is 0.239 e. The summed E-state index contributed by atoms with van der Waals surface area (Å²) in [6.45, 7) is 6.87. The summed E-state index contributed by atoms with van der Waals surface area (Å²) in [5.41, 5.74) is 3.08. The number of hydrogen-bond acceptors (Lipinski definition) is 3. The first-order chi connectivity index (χ1) is 10.9. The average molecular weight is 318 g/mol. The number of aliphatic hydroxyl groups is 1. The molecule has 0 bridgehead atoms. The van der Waals surface area contributed by atoms with Gasteiger partial charge in [-0.2, -0.15) is 0 Å². The van der Waals surface area contributed by atoms with E-state index in [0.717, 1.165) is 16.8 Å². The summed E-state index contributed by atoms with van der Waals surface area (Å²) in [4.78, 5) is 26.4. The van der Waals surface area contributed by atoms with E-state index >= 15 is 0 Å². The maximum atomic E-state index is 12.5. The van der Waals surface area contributed by atoms with E-state index in [4.69, 9.17) is 0 Å². The number of nitrogens with zero attached hydrogens (tertiary/aromatic N) is 1. The first-order valence-electron chi connectivity index (χ1n) is 8.27. The topological polar surface area (TPSA) is 69.6 Å². The lowest BCUT2D eigenvalue weighted by Crippen LogP contribution is -2.37. The number of carbonyl (C=O) groups is 2. The van der Waals surface area contributed by atoms with Crippen molar-refractivity contribution >= 4 is 17.5 Å². The highest BCUT2D eigenvalue weighted by atomic mass is 16.3. The van der Waals surface area contributed by atoms with Crippen LogP contribution >= 0.6 is 0 Å². The number of hydrogen-bond donors (Lipinski definition) is 2. The van der Waals surface area contributed by atoms with Gasteiger partial charge in [0.1, 0.15) is 5.92 Å². The Morgan fingerprint density at radius 3 is 2.61 bits per heavy atom. The van der Waals surface area contributed by atoms with Gasteiger partial charge in [-0.1, -0.05) is 13.0 Å². The highest BCUT2D eigenvalue weighted by molar-refractivity contribution is 6.09. The van der Waals surface area contributed by atoms with Crippen LogP contribution in [0.2, 0.25) is 0 Å². The fraction of sp³-hybridized carbons (Fsp3) is 0.556. The quantitative estimate of drug-likeness (QED) is 0.788. The van der Waals surface area contributed by atoms with Crippen LogP contribution in [-0.2, 0) is 9.59 Å². The van der Waals surface area contributed by atoms with E-state index in [1.165, 1.54) is 0 Å². The van der Waals surface area contributed by atoms with Crippen molar-refractivity contribution in [2.75, 3.05) is 18.0 Å². The van der Waals surface area contributed by atoms with Gasteiger partial charge in [0, 0.05) is 18.8 Å². The lowest BCUT2D eigenvalue weighted by molar-refractivity contribution is -0.132. The van der Waals surface area contributed by atoms with Crippen molar-refractivity contribution in [2.45, 2.75) is 46.1 Å². The molecule has 2 atom stereocenters. The van der Waals surface area contributed by atoms with Crippen molar-refractivity contribution in [3.8, 4) is 0 Å². The zero-order valence-corrected chi connectivity index (χ0v) is 14.1. The molecule has 0 saturated carbocycles. The molecule has 1 aliphatic heterocycles. The van der Waals surface area contributed by atoms with Crippen LogP contribution in [0.1, 0.15) is 37.3 Å². The second-order valence-electron chi connectivity index (χ2n) is 6.32. The fourth-order valence-electron chi connectivity index (χ4n) is 2.98. The van der Waals surface area contributed by atoms with Crippen molar-refractivity contribution in [1.82, 2.24) is 5.32 Å². The number of rotatable bonds is 6. The van der Waals surface area contributed by atoms with Gasteiger partial charge < -0.3 is 15.3 Å². The van der Waals surface area contributed by atoms with E-state index in [-0.39, 0.29) is 11.8 Å². The van der Waals surface area contributed by atoms with Gasteiger partial charge in [-0.25, -0.2) is 0 Å². The summed E-state index contributed by atoms with van der Waals surface area (Å²) in [7, 11) is 0. The SMILES string of the molecule is CCC(O)CCNC(=O)C1CCN(c2cc(C)cc(C)c2)C1=O. The molecule has 1 saturated heterocycles. The third kappa shape index (κ3) is 4.32. The number of aryl methyl sites for hydroxylation is 2. The van der Waals surface area contributed by atoms with Crippen LogP contribution in [0.4, 0.5) is 5.69 Å². The fourth-order valence-corrected chi connectivity index (χ4v) is 2.98. The molecule has 0 aliphatic carbocycles. The van der Waals surface area contributed by atoms with E-state index in [9.17, 15) is 14.7 Å². The molecule has 5 heteroatoms. The number of carbonyl (C=O) groups excluding carboxylic acids is 2. The number of benzene rings is 1. The Bertz CT molecular complexity index is 565. The number of nitrogens with one attached hydrogen (secondary N) is 1.